The van der Waals surface area contributed by atoms with E-state index in [1.54, 1.807) is 0 Å². The van der Waals surface area contributed by atoms with Crippen LogP contribution in [0.1, 0.15) is 45.5 Å². The summed E-state index contributed by atoms with van der Waals surface area (Å²) >= 11 is 0. The first-order chi connectivity index (χ1) is 13.5. The molecule has 0 saturated heterocycles. The van der Waals surface area contributed by atoms with Crippen molar-refractivity contribution in [1.82, 2.24) is 0 Å². The number of hydrogen-bond donors (Lipinski definition) is 1. The first-order valence-electron chi connectivity index (χ1n) is 9.55. The summed E-state index contributed by atoms with van der Waals surface area (Å²) in [6.45, 7) is 3.89. The van der Waals surface area contributed by atoms with E-state index < -0.39 is 0 Å². The average Bonchev–Trinajstić information content (AvgIpc) is 2.70. The number of benzene rings is 3. The predicted molar refractivity (Wildman–Crippen MR) is 114 cm³/mol. The number of aryl methyl sites for hydroxylation is 2. The van der Waals surface area contributed by atoms with Gasteiger partial charge in [0.1, 0.15) is 0 Å². The molecule has 0 spiro atoms. The molecule has 0 saturated carbocycles. The lowest BCUT2D eigenvalue weighted by atomic mass is 9.99. The lowest BCUT2D eigenvalue weighted by molar-refractivity contribution is -0.116. The zero-order valence-corrected chi connectivity index (χ0v) is 16.4. The molecule has 0 heterocycles. The van der Waals surface area contributed by atoms with Crippen LogP contribution in [0, 0.1) is 13.8 Å². The number of hydrogen-bond acceptors (Lipinski definition) is 2. The maximum atomic E-state index is 12.5. The molecule has 0 unspecified atom stereocenters. The number of ketones is 1. The van der Waals surface area contributed by atoms with Gasteiger partial charge in [-0.15, -0.1) is 0 Å². The van der Waals surface area contributed by atoms with E-state index in [1.165, 1.54) is 5.56 Å². The second kappa shape index (κ2) is 9.14. The molecule has 1 N–H and O–H groups in total. The zero-order valence-electron chi connectivity index (χ0n) is 16.4. The molecule has 0 atom stereocenters. The highest BCUT2D eigenvalue weighted by Gasteiger charge is 2.13. The number of rotatable bonds is 7. The summed E-state index contributed by atoms with van der Waals surface area (Å²) in [4.78, 5) is 24.9. The molecule has 28 heavy (non-hydrogen) atoms. The van der Waals surface area contributed by atoms with E-state index in [9.17, 15) is 9.59 Å². The van der Waals surface area contributed by atoms with E-state index in [4.69, 9.17) is 0 Å². The first kappa shape index (κ1) is 19.6. The maximum absolute atomic E-state index is 12.5. The minimum Gasteiger partial charge on any atom is -0.326 e. The average molecular weight is 371 g/mol. The number of carbonyl (C=O) groups excluding carboxylic acids is 2. The van der Waals surface area contributed by atoms with Gasteiger partial charge in [0.05, 0.1) is 0 Å². The zero-order chi connectivity index (χ0) is 19.9. The number of amides is 1. The van der Waals surface area contributed by atoms with Crippen LogP contribution in [0.2, 0.25) is 0 Å². The van der Waals surface area contributed by atoms with Crippen molar-refractivity contribution in [2.24, 2.45) is 0 Å². The number of anilines is 1. The fraction of sp³-hybridized carbons (Fsp3) is 0.200. The summed E-state index contributed by atoms with van der Waals surface area (Å²) in [5.41, 5.74) is 5.75. The Labute approximate surface area is 166 Å². The highest BCUT2D eigenvalue weighted by molar-refractivity contribution is 6.01. The van der Waals surface area contributed by atoms with Gasteiger partial charge in [-0.05, 0) is 49.1 Å². The number of nitrogens with one attached hydrogen (secondary N) is 1. The smallest absolute Gasteiger partial charge is 0.224 e. The molecule has 0 aliphatic heterocycles. The molecule has 0 aliphatic carbocycles. The predicted octanol–water partition coefficient (Wildman–Crippen LogP) is 5.50. The highest BCUT2D eigenvalue weighted by atomic mass is 16.2. The second-order valence-electron chi connectivity index (χ2n) is 7.11. The van der Waals surface area contributed by atoms with Crippen LogP contribution >= 0.6 is 0 Å². The molecule has 3 heteroatoms. The van der Waals surface area contributed by atoms with Gasteiger partial charge in [-0.25, -0.2) is 0 Å². The van der Waals surface area contributed by atoms with Gasteiger partial charge >= 0.3 is 0 Å². The SMILES string of the molecule is Cc1ccc(C)c(C(=O)CCC(=O)Nc2ccccc2Cc2ccccc2)c1. The van der Waals surface area contributed by atoms with E-state index in [0.29, 0.717) is 5.56 Å². The van der Waals surface area contributed by atoms with Gasteiger partial charge in [0.2, 0.25) is 5.91 Å². The number of Topliss-reactive ketones (excluding diaryl/α,β-unsaturated/α-hetero) is 1. The largest absolute Gasteiger partial charge is 0.326 e. The third-order valence-corrected chi connectivity index (χ3v) is 4.80. The van der Waals surface area contributed by atoms with Crippen LogP contribution in [-0.4, -0.2) is 11.7 Å². The van der Waals surface area contributed by atoms with Crippen LogP contribution in [0.5, 0.6) is 0 Å². The highest BCUT2D eigenvalue weighted by Crippen LogP contribution is 2.20. The molecule has 3 aromatic rings. The van der Waals surface area contributed by atoms with Crippen molar-refractivity contribution < 1.29 is 9.59 Å². The number of carbonyl (C=O) groups is 2. The summed E-state index contributed by atoms with van der Waals surface area (Å²) < 4.78 is 0. The molecule has 1 amide bonds. The minimum atomic E-state index is -0.140. The molecular formula is C25H25NO2. The summed E-state index contributed by atoms with van der Waals surface area (Å²) in [7, 11) is 0. The van der Waals surface area contributed by atoms with Crippen LogP contribution in [0.3, 0.4) is 0 Å². The molecule has 3 aromatic carbocycles. The van der Waals surface area contributed by atoms with Crippen LogP contribution in [0.15, 0.2) is 72.8 Å². The molecule has 0 aromatic heterocycles. The molecule has 0 radical (unpaired) electrons. The Kier molecular flexibility index (Phi) is 6.38. The summed E-state index contributed by atoms with van der Waals surface area (Å²) in [6.07, 6.45) is 1.13. The van der Waals surface area contributed by atoms with Crippen molar-refractivity contribution in [1.29, 1.82) is 0 Å². The van der Waals surface area contributed by atoms with E-state index in [-0.39, 0.29) is 24.5 Å². The van der Waals surface area contributed by atoms with Crippen molar-refractivity contribution in [2.45, 2.75) is 33.1 Å². The molecule has 0 fully saturated rings. The normalized spacial score (nSPS) is 10.5. The molecule has 142 valence electrons. The molecule has 3 rings (SSSR count). The van der Waals surface area contributed by atoms with E-state index in [2.05, 4.69) is 17.4 Å². The fourth-order valence-electron chi connectivity index (χ4n) is 3.22. The molecular weight excluding hydrogens is 346 g/mol. The van der Waals surface area contributed by atoms with Gasteiger partial charge in [-0.3, -0.25) is 9.59 Å². The van der Waals surface area contributed by atoms with Crippen LogP contribution in [0.4, 0.5) is 5.69 Å². The van der Waals surface area contributed by atoms with Gasteiger partial charge in [0.15, 0.2) is 5.78 Å². The van der Waals surface area contributed by atoms with Gasteiger partial charge < -0.3 is 5.32 Å². The third-order valence-electron chi connectivity index (χ3n) is 4.80. The topological polar surface area (TPSA) is 46.2 Å². The lowest BCUT2D eigenvalue weighted by Crippen LogP contribution is -2.15. The Balaban J connectivity index is 1.62. The molecule has 0 aliphatic rings. The van der Waals surface area contributed by atoms with Crippen LogP contribution < -0.4 is 5.32 Å². The summed E-state index contributed by atoms with van der Waals surface area (Å²) in [5.74, 6) is -0.131. The van der Waals surface area contributed by atoms with Crippen molar-refractivity contribution in [3.8, 4) is 0 Å². The fourth-order valence-corrected chi connectivity index (χ4v) is 3.22. The van der Waals surface area contributed by atoms with Crippen molar-refractivity contribution >= 4 is 17.4 Å². The van der Waals surface area contributed by atoms with Crippen molar-refractivity contribution in [2.75, 3.05) is 5.32 Å². The maximum Gasteiger partial charge on any atom is 0.224 e. The summed E-state index contributed by atoms with van der Waals surface area (Å²) in [6, 6.07) is 23.8. The molecule has 0 bridgehead atoms. The van der Waals surface area contributed by atoms with Gasteiger partial charge in [-0.2, -0.15) is 0 Å². The lowest BCUT2D eigenvalue weighted by Gasteiger charge is -2.11. The van der Waals surface area contributed by atoms with Crippen LogP contribution in [-0.2, 0) is 11.2 Å². The van der Waals surface area contributed by atoms with Gasteiger partial charge in [-0.1, -0.05) is 66.2 Å². The van der Waals surface area contributed by atoms with Crippen molar-refractivity contribution in [3.63, 3.8) is 0 Å². The number of para-hydroxylation sites is 1. The Morgan fingerprint density at radius 1 is 0.821 bits per heavy atom. The summed E-state index contributed by atoms with van der Waals surface area (Å²) in [5, 5.41) is 2.97. The van der Waals surface area contributed by atoms with Gasteiger partial charge in [0, 0.05) is 24.1 Å². The van der Waals surface area contributed by atoms with Crippen molar-refractivity contribution in [3.05, 3.63) is 101 Å². The monoisotopic (exact) mass is 371 g/mol. The standard InChI is InChI=1S/C25H25NO2/c1-18-12-13-19(2)22(16-18)24(27)14-15-25(28)26-23-11-7-6-10-21(23)17-20-8-4-3-5-9-20/h3-13,16H,14-15,17H2,1-2H3,(H,26,28). The van der Waals surface area contributed by atoms with E-state index >= 15 is 0 Å². The Bertz CT molecular complexity index is 977. The van der Waals surface area contributed by atoms with Crippen LogP contribution in [0.25, 0.3) is 0 Å². The Morgan fingerprint density at radius 3 is 2.32 bits per heavy atom. The van der Waals surface area contributed by atoms with E-state index in [0.717, 1.165) is 28.8 Å². The quantitative estimate of drug-likeness (QED) is 0.558. The Morgan fingerprint density at radius 2 is 1.54 bits per heavy atom. The second-order valence-corrected chi connectivity index (χ2v) is 7.11. The molecule has 3 nitrogen and oxygen atoms in total. The van der Waals surface area contributed by atoms with Gasteiger partial charge in [0.25, 0.3) is 0 Å². The van der Waals surface area contributed by atoms with E-state index in [1.807, 2.05) is 74.5 Å². The minimum absolute atomic E-state index is 0.00826. The third kappa shape index (κ3) is 5.17. The first-order valence-corrected chi connectivity index (χ1v) is 9.55. The Hall–Kier alpha value is -3.20.